The Bertz CT molecular complexity index is 1240. The van der Waals surface area contributed by atoms with E-state index in [1.807, 2.05) is 54.6 Å². The summed E-state index contributed by atoms with van der Waals surface area (Å²) in [6.45, 7) is 0.577. The molecule has 8 heteroatoms. The number of aliphatic carboxylic acids is 1. The van der Waals surface area contributed by atoms with Crippen molar-refractivity contribution in [2.24, 2.45) is 5.16 Å². The number of oxime groups is 1. The number of hydrogen-bond donors (Lipinski definition) is 2. The zero-order chi connectivity index (χ0) is 25.5. The van der Waals surface area contributed by atoms with Crippen molar-refractivity contribution < 1.29 is 19.5 Å². The van der Waals surface area contributed by atoms with E-state index in [-0.39, 0.29) is 11.4 Å². The van der Waals surface area contributed by atoms with Gasteiger partial charge in [0, 0.05) is 11.8 Å². The highest BCUT2D eigenvalue weighted by molar-refractivity contribution is 7.14. The first-order valence-corrected chi connectivity index (χ1v) is 13.0. The highest BCUT2D eigenvalue weighted by atomic mass is 32.1. The van der Waals surface area contributed by atoms with Crippen LogP contribution in [0.15, 0.2) is 102 Å². The maximum atomic E-state index is 12.0. The molecule has 7 nitrogen and oxygen atoms in total. The van der Waals surface area contributed by atoms with Crippen LogP contribution in [0, 0.1) is 0 Å². The molecule has 5 rings (SSSR count). The standard InChI is InChI=1S/C29H27N3O4S/c33-27(34)26(32-36-25-18-10-11-19-35-25)24-20-37-28(30-24)31-29(21-12-4-1-5-13-21,22-14-6-2-7-15-22)23-16-8-3-9-17-23/h1-9,12-17,20,25H,10-11,18-19H2,(H,30,31)(H,33,34). The van der Waals surface area contributed by atoms with Gasteiger partial charge in [-0.25, -0.2) is 9.78 Å². The molecular formula is C29H27N3O4S. The van der Waals surface area contributed by atoms with Crippen LogP contribution in [0.25, 0.3) is 0 Å². The second-order valence-corrected chi connectivity index (χ2v) is 9.52. The summed E-state index contributed by atoms with van der Waals surface area (Å²) in [5.41, 5.74) is 2.26. The number of carboxylic acids is 1. The van der Waals surface area contributed by atoms with E-state index in [1.165, 1.54) is 11.3 Å². The van der Waals surface area contributed by atoms with Crippen molar-refractivity contribution in [2.75, 3.05) is 11.9 Å². The van der Waals surface area contributed by atoms with Crippen molar-refractivity contribution >= 4 is 28.1 Å². The molecule has 1 aliphatic heterocycles. The quantitative estimate of drug-likeness (QED) is 0.165. The molecule has 1 saturated heterocycles. The SMILES string of the molecule is O=C(O)C(=NOC1CCCCO1)c1csc(NC(c2ccccc2)(c2ccccc2)c2ccccc2)n1. The molecule has 0 spiro atoms. The number of anilines is 1. The molecule has 2 heterocycles. The molecule has 0 amide bonds. The van der Waals surface area contributed by atoms with Crippen LogP contribution in [0.3, 0.4) is 0 Å². The van der Waals surface area contributed by atoms with E-state index in [9.17, 15) is 9.90 Å². The summed E-state index contributed by atoms with van der Waals surface area (Å²) >= 11 is 1.31. The third-order valence-electron chi connectivity index (χ3n) is 6.26. The fraction of sp³-hybridized carbons (Fsp3) is 0.207. The van der Waals surface area contributed by atoms with Crippen LogP contribution in [-0.2, 0) is 19.9 Å². The van der Waals surface area contributed by atoms with Gasteiger partial charge in [0.15, 0.2) is 5.13 Å². The fourth-order valence-electron chi connectivity index (χ4n) is 4.48. The Kier molecular flexibility index (Phi) is 7.58. The van der Waals surface area contributed by atoms with Crippen molar-refractivity contribution in [3.63, 3.8) is 0 Å². The number of ether oxygens (including phenoxy) is 1. The lowest BCUT2D eigenvalue weighted by molar-refractivity contribution is -0.162. The van der Waals surface area contributed by atoms with Gasteiger partial charge in [0.05, 0.1) is 6.61 Å². The Morgan fingerprint density at radius 1 is 0.946 bits per heavy atom. The fourth-order valence-corrected chi connectivity index (χ4v) is 5.23. The second-order valence-electron chi connectivity index (χ2n) is 8.66. The maximum absolute atomic E-state index is 12.0. The third-order valence-corrected chi connectivity index (χ3v) is 7.02. The lowest BCUT2D eigenvalue weighted by Crippen LogP contribution is -2.38. The molecule has 1 unspecified atom stereocenters. The molecule has 4 aromatic rings. The number of hydrogen-bond acceptors (Lipinski definition) is 7. The van der Waals surface area contributed by atoms with Crippen molar-refractivity contribution in [3.05, 3.63) is 119 Å². The molecule has 0 aliphatic carbocycles. The molecule has 0 radical (unpaired) electrons. The second kappa shape index (κ2) is 11.4. The van der Waals surface area contributed by atoms with Gasteiger partial charge in [0.1, 0.15) is 11.2 Å². The van der Waals surface area contributed by atoms with Gasteiger partial charge in [-0.1, -0.05) is 96.2 Å². The Balaban J connectivity index is 1.55. The van der Waals surface area contributed by atoms with Crippen LogP contribution < -0.4 is 5.32 Å². The molecular weight excluding hydrogens is 486 g/mol. The topological polar surface area (TPSA) is 93.0 Å². The van der Waals surface area contributed by atoms with E-state index in [2.05, 4.69) is 51.9 Å². The van der Waals surface area contributed by atoms with Crippen LogP contribution in [0.5, 0.6) is 0 Å². The van der Waals surface area contributed by atoms with E-state index in [0.717, 1.165) is 29.5 Å². The van der Waals surface area contributed by atoms with Crippen LogP contribution >= 0.6 is 11.3 Å². The summed E-state index contributed by atoms with van der Waals surface area (Å²) in [4.78, 5) is 22.1. The number of nitrogens with one attached hydrogen (secondary N) is 1. The minimum atomic E-state index is -1.21. The van der Waals surface area contributed by atoms with Crippen molar-refractivity contribution in [2.45, 2.75) is 31.1 Å². The summed E-state index contributed by atoms with van der Waals surface area (Å²) in [7, 11) is 0. The Morgan fingerprint density at radius 2 is 1.51 bits per heavy atom. The largest absolute Gasteiger partial charge is 0.476 e. The van der Waals surface area contributed by atoms with E-state index < -0.39 is 17.8 Å². The van der Waals surface area contributed by atoms with Gasteiger partial charge in [0.2, 0.25) is 12.0 Å². The van der Waals surface area contributed by atoms with Crippen molar-refractivity contribution in [1.82, 2.24) is 4.98 Å². The molecule has 37 heavy (non-hydrogen) atoms. The molecule has 188 valence electrons. The van der Waals surface area contributed by atoms with E-state index in [0.29, 0.717) is 18.2 Å². The number of nitrogens with zero attached hydrogens (tertiary/aromatic N) is 2. The summed E-state index contributed by atoms with van der Waals surface area (Å²) in [6.07, 6.45) is 2.05. The Labute approximate surface area is 219 Å². The summed E-state index contributed by atoms with van der Waals surface area (Å²) < 4.78 is 5.51. The number of aromatic nitrogens is 1. The highest BCUT2D eigenvalue weighted by Crippen LogP contribution is 2.40. The monoisotopic (exact) mass is 513 g/mol. The van der Waals surface area contributed by atoms with Gasteiger partial charge < -0.3 is 20.0 Å². The lowest BCUT2D eigenvalue weighted by atomic mass is 9.77. The number of carboxylic acid groups (broad SMARTS) is 1. The van der Waals surface area contributed by atoms with Crippen LogP contribution in [0.4, 0.5) is 5.13 Å². The predicted octanol–water partition coefficient (Wildman–Crippen LogP) is 5.88. The van der Waals surface area contributed by atoms with Crippen LogP contribution in [0.1, 0.15) is 41.6 Å². The average Bonchev–Trinajstić information content (AvgIpc) is 3.41. The predicted molar refractivity (Wildman–Crippen MR) is 144 cm³/mol. The number of thiazole rings is 1. The highest BCUT2D eigenvalue weighted by Gasteiger charge is 2.37. The van der Waals surface area contributed by atoms with E-state index >= 15 is 0 Å². The third kappa shape index (κ3) is 5.40. The lowest BCUT2D eigenvalue weighted by Gasteiger charge is -2.36. The number of rotatable bonds is 9. The number of benzene rings is 3. The van der Waals surface area contributed by atoms with Crippen molar-refractivity contribution in [1.29, 1.82) is 0 Å². The molecule has 1 aliphatic rings. The Morgan fingerprint density at radius 3 is 2.00 bits per heavy atom. The normalized spacial score (nSPS) is 16.2. The molecule has 0 saturated carbocycles. The minimum Gasteiger partial charge on any atom is -0.476 e. The van der Waals surface area contributed by atoms with E-state index in [1.54, 1.807) is 5.38 Å². The first-order chi connectivity index (χ1) is 18.2. The first-order valence-electron chi connectivity index (χ1n) is 12.2. The first kappa shape index (κ1) is 24.7. The molecule has 2 N–H and O–H groups in total. The zero-order valence-corrected chi connectivity index (χ0v) is 20.9. The summed E-state index contributed by atoms with van der Waals surface area (Å²) in [6, 6.07) is 30.4. The number of carbonyl (C=O) groups is 1. The zero-order valence-electron chi connectivity index (χ0n) is 20.1. The van der Waals surface area contributed by atoms with Gasteiger partial charge in [-0.3, -0.25) is 0 Å². The van der Waals surface area contributed by atoms with Gasteiger partial charge in [0.25, 0.3) is 0 Å². The van der Waals surface area contributed by atoms with Crippen molar-refractivity contribution in [3.8, 4) is 0 Å². The van der Waals surface area contributed by atoms with Crippen LogP contribution in [0.2, 0.25) is 0 Å². The smallest absolute Gasteiger partial charge is 0.360 e. The molecule has 3 aromatic carbocycles. The average molecular weight is 514 g/mol. The maximum Gasteiger partial charge on any atom is 0.360 e. The summed E-state index contributed by atoms with van der Waals surface area (Å²) in [5, 5.41) is 19.6. The van der Waals surface area contributed by atoms with E-state index in [4.69, 9.17) is 9.57 Å². The Hall–Kier alpha value is -4.01. The minimum absolute atomic E-state index is 0.221. The molecule has 0 bridgehead atoms. The van der Waals surface area contributed by atoms with Gasteiger partial charge >= 0.3 is 5.97 Å². The molecule has 1 atom stereocenters. The van der Waals surface area contributed by atoms with Gasteiger partial charge in [-0.15, -0.1) is 11.3 Å². The van der Waals surface area contributed by atoms with Gasteiger partial charge in [-0.05, 0) is 29.5 Å². The van der Waals surface area contributed by atoms with Crippen LogP contribution in [-0.4, -0.2) is 34.7 Å². The summed E-state index contributed by atoms with van der Waals surface area (Å²) in [5.74, 6) is -1.21. The molecule has 1 aromatic heterocycles. The van der Waals surface area contributed by atoms with Gasteiger partial charge in [-0.2, -0.15) is 0 Å². The molecule has 1 fully saturated rings.